The summed E-state index contributed by atoms with van der Waals surface area (Å²) in [6, 6.07) is 6.66. The molecule has 3 rings (SSSR count). The van der Waals surface area contributed by atoms with Crippen molar-refractivity contribution in [1.29, 1.82) is 0 Å². The Labute approximate surface area is 121 Å². The van der Waals surface area contributed by atoms with Gasteiger partial charge in [-0.15, -0.1) is 0 Å². The van der Waals surface area contributed by atoms with Gasteiger partial charge in [0.1, 0.15) is 5.75 Å². The summed E-state index contributed by atoms with van der Waals surface area (Å²) in [6.07, 6.45) is 2.64. The minimum atomic E-state index is 0.137. The van der Waals surface area contributed by atoms with Gasteiger partial charge >= 0.3 is 0 Å². The van der Waals surface area contributed by atoms with E-state index in [0.29, 0.717) is 6.42 Å². The summed E-state index contributed by atoms with van der Waals surface area (Å²) >= 11 is 3.48. The Morgan fingerprint density at radius 1 is 1.42 bits per heavy atom. The second-order valence-electron chi connectivity index (χ2n) is 5.10. The van der Waals surface area contributed by atoms with Crippen LogP contribution in [-0.2, 0) is 4.79 Å². The van der Waals surface area contributed by atoms with Gasteiger partial charge in [-0.05, 0) is 25.0 Å². The lowest BCUT2D eigenvalue weighted by molar-refractivity contribution is -0.119. The molecule has 2 unspecified atom stereocenters. The van der Waals surface area contributed by atoms with Gasteiger partial charge < -0.3 is 15.4 Å². The van der Waals surface area contributed by atoms with Gasteiger partial charge in [0.05, 0.1) is 6.61 Å². The third kappa shape index (κ3) is 2.92. The Bertz CT molecular complexity index is 492. The number of rotatable bonds is 2. The second kappa shape index (κ2) is 5.51. The van der Waals surface area contributed by atoms with Crippen LogP contribution in [0, 0.1) is 0 Å². The molecule has 2 aliphatic rings. The number of amides is 1. The van der Waals surface area contributed by atoms with Crippen LogP contribution in [0.4, 0.5) is 0 Å². The number of hydrogen-bond donors (Lipinski definition) is 2. The first-order valence-corrected chi connectivity index (χ1v) is 7.46. The molecule has 0 radical (unpaired) electrons. The molecule has 1 aromatic carbocycles. The molecule has 0 saturated carbocycles. The molecule has 5 heteroatoms. The molecular weight excluding hydrogens is 308 g/mol. The van der Waals surface area contributed by atoms with Crippen LogP contribution < -0.4 is 15.4 Å². The van der Waals surface area contributed by atoms with E-state index in [1.807, 2.05) is 12.1 Å². The Kier molecular flexibility index (Phi) is 3.75. The van der Waals surface area contributed by atoms with Crippen LogP contribution in [-0.4, -0.2) is 25.1 Å². The standard InChI is InChI=1S/C14H17BrN2O2/c15-9-3-4-11-12(2-1-5-19-13(11)6-9)17-10-7-14(18)16-8-10/h3-4,6,10,12,17H,1-2,5,7-8H2,(H,16,18). The maximum Gasteiger partial charge on any atom is 0.221 e. The van der Waals surface area contributed by atoms with Crippen molar-refractivity contribution in [3.63, 3.8) is 0 Å². The summed E-state index contributed by atoms with van der Waals surface area (Å²) < 4.78 is 6.82. The minimum absolute atomic E-state index is 0.137. The van der Waals surface area contributed by atoms with Gasteiger partial charge in [0.2, 0.25) is 5.91 Å². The molecule has 1 fully saturated rings. The SMILES string of the molecule is O=C1CC(NC2CCCOc3cc(Br)ccc32)CN1. The Morgan fingerprint density at radius 3 is 3.11 bits per heavy atom. The van der Waals surface area contributed by atoms with Crippen LogP contribution in [0.15, 0.2) is 22.7 Å². The molecule has 19 heavy (non-hydrogen) atoms. The van der Waals surface area contributed by atoms with Crippen molar-refractivity contribution in [1.82, 2.24) is 10.6 Å². The lowest BCUT2D eigenvalue weighted by Gasteiger charge is -2.22. The summed E-state index contributed by atoms with van der Waals surface area (Å²) in [5.74, 6) is 1.08. The molecule has 0 aromatic heterocycles. The van der Waals surface area contributed by atoms with Gasteiger partial charge in [-0.2, -0.15) is 0 Å². The van der Waals surface area contributed by atoms with E-state index in [0.717, 1.165) is 36.2 Å². The fraction of sp³-hybridized carbons (Fsp3) is 0.500. The Morgan fingerprint density at radius 2 is 2.32 bits per heavy atom. The molecule has 102 valence electrons. The van der Waals surface area contributed by atoms with Crippen molar-refractivity contribution in [2.24, 2.45) is 0 Å². The van der Waals surface area contributed by atoms with E-state index in [1.165, 1.54) is 5.56 Å². The van der Waals surface area contributed by atoms with Crippen molar-refractivity contribution in [3.8, 4) is 5.75 Å². The summed E-state index contributed by atoms with van der Waals surface area (Å²) in [5, 5.41) is 6.45. The van der Waals surface area contributed by atoms with Crippen LogP contribution >= 0.6 is 15.9 Å². The smallest absolute Gasteiger partial charge is 0.221 e. The topological polar surface area (TPSA) is 50.4 Å². The average molecular weight is 325 g/mol. The zero-order chi connectivity index (χ0) is 13.2. The molecule has 0 bridgehead atoms. The molecule has 2 N–H and O–H groups in total. The highest BCUT2D eigenvalue weighted by atomic mass is 79.9. The summed E-state index contributed by atoms with van der Waals surface area (Å²) in [4.78, 5) is 11.3. The number of hydrogen-bond acceptors (Lipinski definition) is 3. The number of benzene rings is 1. The third-order valence-corrected chi connectivity index (χ3v) is 4.15. The molecule has 1 amide bonds. The maximum atomic E-state index is 11.3. The highest BCUT2D eigenvalue weighted by Gasteiger charge is 2.27. The van der Waals surface area contributed by atoms with E-state index in [1.54, 1.807) is 0 Å². The van der Waals surface area contributed by atoms with Crippen molar-refractivity contribution < 1.29 is 9.53 Å². The lowest BCUT2D eigenvalue weighted by Crippen LogP contribution is -2.34. The van der Waals surface area contributed by atoms with Crippen molar-refractivity contribution in [2.75, 3.05) is 13.2 Å². The fourth-order valence-corrected chi connectivity index (χ4v) is 3.07. The summed E-state index contributed by atoms with van der Waals surface area (Å²) in [6.45, 7) is 1.48. The van der Waals surface area contributed by atoms with Gasteiger partial charge in [-0.3, -0.25) is 4.79 Å². The highest BCUT2D eigenvalue weighted by Crippen LogP contribution is 2.34. The van der Waals surface area contributed by atoms with E-state index < -0.39 is 0 Å². The van der Waals surface area contributed by atoms with E-state index in [4.69, 9.17) is 4.74 Å². The van der Waals surface area contributed by atoms with Crippen LogP contribution in [0.25, 0.3) is 0 Å². The van der Waals surface area contributed by atoms with E-state index in [9.17, 15) is 4.79 Å². The van der Waals surface area contributed by atoms with Crippen LogP contribution in [0.2, 0.25) is 0 Å². The largest absolute Gasteiger partial charge is 0.493 e. The van der Waals surface area contributed by atoms with E-state index >= 15 is 0 Å². The van der Waals surface area contributed by atoms with Gasteiger partial charge in [-0.25, -0.2) is 0 Å². The highest BCUT2D eigenvalue weighted by molar-refractivity contribution is 9.10. The monoisotopic (exact) mass is 324 g/mol. The number of fused-ring (bicyclic) bond motifs is 1. The predicted molar refractivity (Wildman–Crippen MR) is 76.2 cm³/mol. The quantitative estimate of drug-likeness (QED) is 0.876. The molecule has 2 heterocycles. The van der Waals surface area contributed by atoms with Crippen LogP contribution in [0.3, 0.4) is 0 Å². The van der Waals surface area contributed by atoms with Gasteiger partial charge in [0, 0.05) is 35.1 Å². The molecule has 2 atom stereocenters. The van der Waals surface area contributed by atoms with Crippen molar-refractivity contribution in [2.45, 2.75) is 31.3 Å². The minimum Gasteiger partial charge on any atom is -0.493 e. The number of nitrogens with one attached hydrogen (secondary N) is 2. The molecule has 2 aliphatic heterocycles. The molecule has 0 aliphatic carbocycles. The molecule has 0 spiro atoms. The first-order valence-electron chi connectivity index (χ1n) is 6.67. The Hall–Kier alpha value is -1.07. The summed E-state index contributed by atoms with van der Waals surface area (Å²) in [5.41, 5.74) is 1.19. The lowest BCUT2D eigenvalue weighted by atomic mass is 10.0. The average Bonchev–Trinajstić information content (AvgIpc) is 2.68. The zero-order valence-corrected chi connectivity index (χ0v) is 12.2. The Balaban J connectivity index is 1.80. The van der Waals surface area contributed by atoms with E-state index in [-0.39, 0.29) is 18.0 Å². The first kappa shape index (κ1) is 12.9. The van der Waals surface area contributed by atoms with Crippen LogP contribution in [0.5, 0.6) is 5.75 Å². The fourth-order valence-electron chi connectivity index (χ4n) is 2.73. The van der Waals surface area contributed by atoms with E-state index in [2.05, 4.69) is 32.6 Å². The first-order chi connectivity index (χ1) is 9.22. The zero-order valence-electron chi connectivity index (χ0n) is 10.6. The second-order valence-corrected chi connectivity index (χ2v) is 6.01. The number of halogens is 1. The third-order valence-electron chi connectivity index (χ3n) is 3.66. The van der Waals surface area contributed by atoms with Gasteiger partial charge in [0.25, 0.3) is 0 Å². The molecule has 1 aromatic rings. The molecule has 1 saturated heterocycles. The van der Waals surface area contributed by atoms with Crippen molar-refractivity contribution in [3.05, 3.63) is 28.2 Å². The predicted octanol–water partition coefficient (Wildman–Crippen LogP) is 2.14. The maximum absolute atomic E-state index is 11.3. The molecule has 4 nitrogen and oxygen atoms in total. The molecular formula is C14H17BrN2O2. The van der Waals surface area contributed by atoms with Crippen molar-refractivity contribution >= 4 is 21.8 Å². The normalized spacial score (nSPS) is 26.3. The number of carbonyl (C=O) groups excluding carboxylic acids is 1. The number of carbonyl (C=O) groups is 1. The summed E-state index contributed by atoms with van der Waals surface area (Å²) in [7, 11) is 0. The number of ether oxygens (including phenoxy) is 1. The van der Waals surface area contributed by atoms with Crippen LogP contribution in [0.1, 0.15) is 30.9 Å². The van der Waals surface area contributed by atoms with Gasteiger partial charge in [0.15, 0.2) is 0 Å². The van der Waals surface area contributed by atoms with Gasteiger partial charge in [-0.1, -0.05) is 22.0 Å².